The molecule has 158 valence electrons. The lowest BCUT2D eigenvalue weighted by Gasteiger charge is -2.18. The Hall–Kier alpha value is -3.47. The van der Waals surface area contributed by atoms with Crippen molar-refractivity contribution in [3.05, 3.63) is 41.5 Å². The molecule has 10 nitrogen and oxygen atoms in total. The van der Waals surface area contributed by atoms with Gasteiger partial charge >= 0.3 is 10.1 Å². The molecule has 0 aliphatic carbocycles. The van der Waals surface area contributed by atoms with Crippen molar-refractivity contribution in [3.8, 4) is 11.5 Å². The van der Waals surface area contributed by atoms with Crippen LogP contribution in [0.3, 0.4) is 0 Å². The first-order valence-electron chi connectivity index (χ1n) is 8.93. The molecular formula is C19H20N4O6S. The Balaban J connectivity index is 1.67. The lowest BCUT2D eigenvalue weighted by molar-refractivity contribution is -0.131. The Labute approximate surface area is 172 Å². The van der Waals surface area contributed by atoms with Gasteiger partial charge in [0, 0.05) is 22.9 Å². The monoisotopic (exact) mass is 432 g/mol. The molecule has 0 spiro atoms. The van der Waals surface area contributed by atoms with Crippen molar-refractivity contribution in [2.75, 3.05) is 29.3 Å². The summed E-state index contributed by atoms with van der Waals surface area (Å²) >= 11 is 0. The average Bonchev–Trinajstić information content (AvgIpc) is 3.17. The molecule has 4 rings (SSSR count). The first-order chi connectivity index (χ1) is 14.0. The second-order valence-corrected chi connectivity index (χ2v) is 8.87. The van der Waals surface area contributed by atoms with Gasteiger partial charge in [0.15, 0.2) is 5.41 Å². The molecule has 2 amide bonds. The summed E-state index contributed by atoms with van der Waals surface area (Å²) in [5.41, 5.74) is 7.15. The fourth-order valence-corrected chi connectivity index (χ4v) is 4.08. The molecule has 2 aliphatic rings. The number of methoxy groups -OCH3 is 1. The van der Waals surface area contributed by atoms with Crippen LogP contribution in [0.2, 0.25) is 0 Å². The van der Waals surface area contributed by atoms with Crippen LogP contribution in [0, 0.1) is 0 Å². The van der Waals surface area contributed by atoms with Gasteiger partial charge in [-0.3, -0.25) is 9.59 Å². The van der Waals surface area contributed by atoms with Crippen LogP contribution in [0.15, 0.2) is 30.3 Å². The summed E-state index contributed by atoms with van der Waals surface area (Å²) < 4.78 is 33.0. The molecule has 2 unspecified atom stereocenters. The zero-order valence-electron chi connectivity index (χ0n) is 16.4. The van der Waals surface area contributed by atoms with Gasteiger partial charge in [-0.15, -0.1) is 0 Å². The van der Waals surface area contributed by atoms with Crippen LogP contribution >= 0.6 is 0 Å². The summed E-state index contributed by atoms with van der Waals surface area (Å²) in [5, 5.41) is 9.25. The first kappa shape index (κ1) is 19.8. The number of nitrogens with one attached hydrogen (secondary N) is 3. The van der Waals surface area contributed by atoms with Crippen molar-refractivity contribution in [2.45, 2.75) is 18.5 Å². The molecule has 5 N–H and O–H groups in total. The summed E-state index contributed by atoms with van der Waals surface area (Å²) in [6.07, 6.45) is 0.558. The Morgan fingerprint density at radius 3 is 2.40 bits per heavy atom. The summed E-state index contributed by atoms with van der Waals surface area (Å²) in [6, 6.07) is 8.13. The Morgan fingerprint density at radius 2 is 1.80 bits per heavy atom. The van der Waals surface area contributed by atoms with E-state index in [4.69, 9.17) is 14.7 Å². The first-order valence-corrected chi connectivity index (χ1v) is 10.7. The van der Waals surface area contributed by atoms with Gasteiger partial charge in [-0.2, -0.15) is 8.42 Å². The highest BCUT2D eigenvalue weighted by atomic mass is 32.2. The van der Waals surface area contributed by atoms with Crippen LogP contribution in [0.4, 0.5) is 17.1 Å². The van der Waals surface area contributed by atoms with Crippen LogP contribution in [-0.2, 0) is 25.1 Å². The molecule has 30 heavy (non-hydrogen) atoms. The lowest BCUT2D eigenvalue weighted by atomic mass is 9.83. The number of nitrogens with two attached hydrogens (primary N) is 1. The van der Waals surface area contributed by atoms with Crippen LogP contribution in [0.5, 0.6) is 11.5 Å². The highest BCUT2D eigenvalue weighted by molar-refractivity contribution is 7.86. The zero-order valence-corrected chi connectivity index (χ0v) is 17.2. The van der Waals surface area contributed by atoms with E-state index in [9.17, 15) is 18.0 Å². The highest BCUT2D eigenvalue weighted by Crippen LogP contribution is 2.46. The van der Waals surface area contributed by atoms with Crippen LogP contribution in [-0.4, -0.2) is 33.6 Å². The third-order valence-electron chi connectivity index (χ3n) is 5.25. The van der Waals surface area contributed by atoms with Crippen LogP contribution < -0.4 is 30.6 Å². The number of rotatable bonds is 5. The molecule has 2 aromatic carbocycles. The minimum atomic E-state index is -3.67. The van der Waals surface area contributed by atoms with Gasteiger partial charge in [-0.25, -0.2) is 0 Å². The predicted octanol–water partition coefficient (Wildman–Crippen LogP) is 1.26. The summed E-state index contributed by atoms with van der Waals surface area (Å²) in [7, 11) is -2.20. The normalized spacial score (nSPS) is 21.7. The quantitative estimate of drug-likeness (QED) is 0.408. The number of hydrogen-bond donors (Lipinski definition) is 4. The number of hydrogen-bond acceptors (Lipinski definition) is 8. The number of ether oxygens (including phenoxy) is 1. The van der Waals surface area contributed by atoms with E-state index in [-0.39, 0.29) is 5.75 Å². The number of amides is 2. The van der Waals surface area contributed by atoms with Crippen molar-refractivity contribution in [1.29, 1.82) is 0 Å². The molecule has 2 aromatic rings. The third-order valence-corrected chi connectivity index (χ3v) is 5.75. The molecule has 0 fully saturated rings. The van der Waals surface area contributed by atoms with Gasteiger partial charge in [0.1, 0.15) is 17.7 Å². The van der Waals surface area contributed by atoms with E-state index in [1.165, 1.54) is 26.2 Å². The predicted molar refractivity (Wildman–Crippen MR) is 110 cm³/mol. The molecule has 0 saturated carbocycles. The maximum atomic E-state index is 12.3. The molecule has 0 saturated heterocycles. The number of carbonyl (C=O) groups is 2. The SMILES string of the molecule is COc1cc(OS(C)(=O)=O)ccc1C1Nc2cc3c(cc2N1)C(C)(C(N)=O)C(=O)N3. The van der Waals surface area contributed by atoms with Crippen molar-refractivity contribution in [1.82, 2.24) is 0 Å². The second kappa shape index (κ2) is 6.52. The number of fused-ring (bicyclic) bond motifs is 2. The molecule has 0 aromatic heterocycles. The maximum Gasteiger partial charge on any atom is 0.306 e. The molecular weight excluding hydrogens is 412 g/mol. The van der Waals surface area contributed by atoms with Crippen molar-refractivity contribution in [3.63, 3.8) is 0 Å². The van der Waals surface area contributed by atoms with Gasteiger partial charge < -0.3 is 30.6 Å². The lowest BCUT2D eigenvalue weighted by Crippen LogP contribution is -2.44. The molecule has 2 heterocycles. The van der Waals surface area contributed by atoms with E-state index in [0.717, 1.165) is 6.26 Å². The van der Waals surface area contributed by atoms with E-state index < -0.39 is 33.5 Å². The van der Waals surface area contributed by atoms with Gasteiger partial charge in [0.05, 0.1) is 24.7 Å². The zero-order chi connectivity index (χ0) is 21.8. The van der Waals surface area contributed by atoms with Gasteiger partial charge in [-0.05, 0) is 31.2 Å². The largest absolute Gasteiger partial charge is 0.496 e. The fraction of sp³-hybridized carbons (Fsp3) is 0.263. The third kappa shape index (κ3) is 3.07. The standard InChI is InChI=1S/C19H20N4O6S/c1-19(17(20)24)11-7-13-14(8-12(11)23-18(19)25)22-16(21-13)10-5-4-9(6-15(10)28-2)29-30(3,26)27/h4-8,16,21-22H,1-3H3,(H2,20,24)(H,23,25). The van der Waals surface area contributed by atoms with E-state index in [1.54, 1.807) is 18.2 Å². The van der Waals surface area contributed by atoms with E-state index in [1.807, 2.05) is 0 Å². The Bertz CT molecular complexity index is 1200. The highest BCUT2D eigenvalue weighted by Gasteiger charge is 2.48. The Morgan fingerprint density at radius 1 is 1.13 bits per heavy atom. The van der Waals surface area contributed by atoms with E-state index in [0.29, 0.717) is 33.9 Å². The Kier molecular flexibility index (Phi) is 4.31. The molecule has 2 aliphatic heterocycles. The number of carbonyl (C=O) groups excluding carboxylic acids is 2. The van der Waals surface area contributed by atoms with Gasteiger partial charge in [-0.1, -0.05) is 0 Å². The molecule has 11 heteroatoms. The number of benzene rings is 2. The van der Waals surface area contributed by atoms with Crippen molar-refractivity contribution >= 4 is 39.0 Å². The second-order valence-electron chi connectivity index (χ2n) is 7.30. The van der Waals surface area contributed by atoms with E-state index in [2.05, 4.69) is 16.0 Å². The summed E-state index contributed by atoms with van der Waals surface area (Å²) in [4.78, 5) is 24.3. The molecule has 2 atom stereocenters. The minimum absolute atomic E-state index is 0.132. The van der Waals surface area contributed by atoms with Crippen LogP contribution in [0.25, 0.3) is 0 Å². The fourth-order valence-electron chi connectivity index (χ4n) is 3.63. The van der Waals surface area contributed by atoms with Crippen molar-refractivity contribution in [2.24, 2.45) is 5.73 Å². The summed E-state index contributed by atoms with van der Waals surface area (Å²) in [5.74, 6) is -0.651. The van der Waals surface area contributed by atoms with Crippen molar-refractivity contribution < 1.29 is 26.9 Å². The summed E-state index contributed by atoms with van der Waals surface area (Å²) in [6.45, 7) is 1.49. The van der Waals surface area contributed by atoms with Crippen LogP contribution in [0.1, 0.15) is 24.2 Å². The van der Waals surface area contributed by atoms with E-state index >= 15 is 0 Å². The number of anilines is 3. The minimum Gasteiger partial charge on any atom is -0.496 e. The number of primary amides is 1. The molecule has 0 bridgehead atoms. The van der Waals surface area contributed by atoms with Gasteiger partial charge in [0.25, 0.3) is 0 Å². The smallest absolute Gasteiger partial charge is 0.306 e. The average molecular weight is 432 g/mol. The maximum absolute atomic E-state index is 12.3. The molecule has 0 radical (unpaired) electrons. The van der Waals surface area contributed by atoms with Gasteiger partial charge in [0.2, 0.25) is 11.8 Å². The topological polar surface area (TPSA) is 149 Å².